The van der Waals surface area contributed by atoms with Crippen LogP contribution in [0.15, 0.2) is 58.8 Å². The number of amides is 1. The van der Waals surface area contributed by atoms with E-state index in [9.17, 15) is 13.2 Å². The van der Waals surface area contributed by atoms with Crippen molar-refractivity contribution in [2.24, 2.45) is 0 Å². The van der Waals surface area contributed by atoms with Crippen LogP contribution >= 0.6 is 11.3 Å². The molecular formula is C21H20N2O6S2. The standard InChI is InChI=1S/C21H20N2O6S2/c1-23(15-4-6-16(27-2)7-5-15)31(25,26)19-9-12-30-20(19)21(24)22-14-3-8-17-18(13-14)29-11-10-28-17/h3-9,12-13H,10-11H2,1-2H3,(H,22,24). The van der Waals surface area contributed by atoms with Gasteiger partial charge in [0.1, 0.15) is 28.7 Å². The van der Waals surface area contributed by atoms with E-state index in [2.05, 4.69) is 5.32 Å². The minimum Gasteiger partial charge on any atom is -0.497 e. The van der Waals surface area contributed by atoms with E-state index >= 15 is 0 Å². The Hall–Kier alpha value is -3.24. The van der Waals surface area contributed by atoms with Gasteiger partial charge in [-0.05, 0) is 47.8 Å². The number of hydrogen-bond donors (Lipinski definition) is 1. The molecular weight excluding hydrogens is 440 g/mol. The SMILES string of the molecule is COc1ccc(N(C)S(=O)(=O)c2ccsc2C(=O)Nc2ccc3c(c2)OCCO3)cc1. The number of benzene rings is 2. The van der Waals surface area contributed by atoms with Crippen LogP contribution in [0.3, 0.4) is 0 Å². The highest BCUT2D eigenvalue weighted by Crippen LogP contribution is 2.34. The topological polar surface area (TPSA) is 94.2 Å². The Labute approximate surface area is 184 Å². The molecule has 0 unspecified atom stereocenters. The van der Waals surface area contributed by atoms with Crippen LogP contribution in [0, 0.1) is 0 Å². The van der Waals surface area contributed by atoms with E-state index in [1.807, 2.05) is 0 Å². The van der Waals surface area contributed by atoms with Crippen molar-refractivity contribution in [1.82, 2.24) is 0 Å². The van der Waals surface area contributed by atoms with Gasteiger partial charge in [-0.2, -0.15) is 0 Å². The monoisotopic (exact) mass is 460 g/mol. The van der Waals surface area contributed by atoms with E-state index in [-0.39, 0.29) is 9.77 Å². The van der Waals surface area contributed by atoms with Gasteiger partial charge >= 0.3 is 0 Å². The highest BCUT2D eigenvalue weighted by molar-refractivity contribution is 7.93. The fourth-order valence-electron chi connectivity index (χ4n) is 3.05. The van der Waals surface area contributed by atoms with E-state index in [0.717, 1.165) is 15.6 Å². The highest BCUT2D eigenvalue weighted by Gasteiger charge is 2.28. The lowest BCUT2D eigenvalue weighted by Gasteiger charge is -2.20. The Morgan fingerprint density at radius 1 is 1.06 bits per heavy atom. The number of methoxy groups -OCH3 is 1. The van der Waals surface area contributed by atoms with E-state index < -0.39 is 15.9 Å². The first-order valence-corrected chi connectivity index (χ1v) is 11.6. The van der Waals surface area contributed by atoms with Crippen LogP contribution in [0.5, 0.6) is 17.2 Å². The van der Waals surface area contributed by atoms with Crippen molar-refractivity contribution in [1.29, 1.82) is 0 Å². The average Bonchev–Trinajstić information content (AvgIpc) is 3.30. The molecule has 0 aliphatic carbocycles. The van der Waals surface area contributed by atoms with Gasteiger partial charge in [0, 0.05) is 18.8 Å². The predicted molar refractivity (Wildman–Crippen MR) is 118 cm³/mol. The molecule has 0 atom stereocenters. The van der Waals surface area contributed by atoms with Crippen LogP contribution < -0.4 is 23.8 Å². The van der Waals surface area contributed by atoms with E-state index in [0.29, 0.717) is 41.8 Å². The number of sulfonamides is 1. The molecule has 3 aromatic rings. The molecule has 1 aliphatic rings. The number of carbonyl (C=O) groups is 1. The number of anilines is 2. The lowest BCUT2D eigenvalue weighted by Crippen LogP contribution is -2.28. The molecule has 0 bridgehead atoms. The van der Waals surface area contributed by atoms with Crippen molar-refractivity contribution < 1.29 is 27.4 Å². The zero-order valence-electron chi connectivity index (χ0n) is 16.8. The Bertz CT molecular complexity index is 1200. The van der Waals surface area contributed by atoms with Crippen molar-refractivity contribution in [3.63, 3.8) is 0 Å². The van der Waals surface area contributed by atoms with E-state index in [1.54, 1.807) is 47.8 Å². The second-order valence-corrected chi connectivity index (χ2v) is 9.45. The number of hydrogen-bond acceptors (Lipinski definition) is 7. The van der Waals surface area contributed by atoms with Crippen molar-refractivity contribution in [2.45, 2.75) is 4.90 Å². The van der Waals surface area contributed by atoms with Gasteiger partial charge in [-0.25, -0.2) is 8.42 Å². The number of nitrogens with one attached hydrogen (secondary N) is 1. The molecule has 0 spiro atoms. The van der Waals surface area contributed by atoms with Crippen molar-refractivity contribution in [3.8, 4) is 17.2 Å². The quantitative estimate of drug-likeness (QED) is 0.604. The van der Waals surface area contributed by atoms with Gasteiger partial charge in [-0.3, -0.25) is 9.10 Å². The lowest BCUT2D eigenvalue weighted by atomic mass is 10.2. The first kappa shape index (κ1) is 21.0. The molecule has 0 radical (unpaired) electrons. The molecule has 1 aliphatic heterocycles. The fraction of sp³-hybridized carbons (Fsp3) is 0.190. The third-order valence-electron chi connectivity index (χ3n) is 4.71. The molecule has 0 saturated heterocycles. The molecule has 10 heteroatoms. The molecule has 0 fully saturated rings. The number of rotatable bonds is 6. The van der Waals surface area contributed by atoms with E-state index in [4.69, 9.17) is 14.2 Å². The minimum absolute atomic E-state index is 0.0640. The highest BCUT2D eigenvalue weighted by atomic mass is 32.2. The van der Waals surface area contributed by atoms with Crippen LogP contribution in [0.2, 0.25) is 0 Å². The molecule has 31 heavy (non-hydrogen) atoms. The summed E-state index contributed by atoms with van der Waals surface area (Å²) in [7, 11) is -0.976. The maximum absolute atomic E-state index is 13.2. The van der Waals surface area contributed by atoms with Gasteiger partial charge in [0.15, 0.2) is 11.5 Å². The number of carbonyl (C=O) groups excluding carboxylic acids is 1. The van der Waals surface area contributed by atoms with E-state index in [1.165, 1.54) is 20.2 Å². The van der Waals surface area contributed by atoms with Crippen molar-refractivity contribution >= 4 is 38.6 Å². The van der Waals surface area contributed by atoms with Crippen LogP contribution in [0.25, 0.3) is 0 Å². The first-order chi connectivity index (χ1) is 14.9. The number of ether oxygens (including phenoxy) is 3. The third kappa shape index (κ3) is 4.17. The second kappa shape index (κ2) is 8.48. The van der Waals surface area contributed by atoms with Gasteiger partial charge < -0.3 is 19.5 Å². The minimum atomic E-state index is -3.95. The average molecular weight is 461 g/mol. The fourth-order valence-corrected chi connectivity index (χ4v) is 5.54. The molecule has 8 nitrogen and oxygen atoms in total. The molecule has 1 amide bonds. The van der Waals surface area contributed by atoms with Gasteiger partial charge in [-0.15, -0.1) is 11.3 Å². The smallest absolute Gasteiger partial charge is 0.267 e. The summed E-state index contributed by atoms with van der Waals surface area (Å²) in [4.78, 5) is 12.9. The number of nitrogens with zero attached hydrogens (tertiary/aromatic N) is 1. The van der Waals surface area contributed by atoms with Gasteiger partial charge in [-0.1, -0.05) is 0 Å². The summed E-state index contributed by atoms with van der Waals surface area (Å²) < 4.78 is 43.7. The van der Waals surface area contributed by atoms with Crippen molar-refractivity contribution in [2.75, 3.05) is 37.0 Å². The first-order valence-electron chi connectivity index (χ1n) is 9.31. The summed E-state index contributed by atoms with van der Waals surface area (Å²) in [6, 6.07) is 13.1. The Balaban J connectivity index is 1.57. The Morgan fingerprint density at radius 3 is 2.48 bits per heavy atom. The summed E-state index contributed by atoms with van der Waals surface area (Å²) >= 11 is 1.06. The van der Waals surface area contributed by atoms with Crippen LogP contribution in [0.4, 0.5) is 11.4 Å². The molecule has 2 aromatic carbocycles. The van der Waals surface area contributed by atoms with Crippen LogP contribution in [-0.2, 0) is 10.0 Å². The molecule has 1 aromatic heterocycles. The summed E-state index contributed by atoms with van der Waals surface area (Å²) in [5.41, 5.74) is 0.930. The summed E-state index contributed by atoms with van der Waals surface area (Å²) in [5, 5.41) is 4.31. The second-order valence-electron chi connectivity index (χ2n) is 6.60. The molecule has 1 N–H and O–H groups in total. The zero-order valence-corrected chi connectivity index (χ0v) is 18.5. The summed E-state index contributed by atoms with van der Waals surface area (Å²) in [5.74, 6) is 1.23. The lowest BCUT2D eigenvalue weighted by molar-refractivity contribution is 0.102. The summed E-state index contributed by atoms with van der Waals surface area (Å²) in [6.45, 7) is 0.895. The molecule has 162 valence electrons. The largest absolute Gasteiger partial charge is 0.497 e. The summed E-state index contributed by atoms with van der Waals surface area (Å²) in [6.07, 6.45) is 0. The van der Waals surface area contributed by atoms with Crippen molar-refractivity contribution in [3.05, 3.63) is 58.8 Å². The normalized spacial score (nSPS) is 12.8. The maximum atomic E-state index is 13.2. The number of fused-ring (bicyclic) bond motifs is 1. The van der Waals surface area contributed by atoms with Gasteiger partial charge in [0.25, 0.3) is 15.9 Å². The Kier molecular flexibility index (Phi) is 5.75. The Morgan fingerprint density at radius 2 is 1.77 bits per heavy atom. The molecule has 2 heterocycles. The van der Waals surface area contributed by atoms with Crippen LogP contribution in [-0.4, -0.2) is 41.7 Å². The zero-order chi connectivity index (χ0) is 22.0. The van der Waals surface area contributed by atoms with Crippen LogP contribution in [0.1, 0.15) is 9.67 Å². The number of thiophene rings is 1. The van der Waals surface area contributed by atoms with Gasteiger partial charge in [0.2, 0.25) is 0 Å². The molecule has 0 saturated carbocycles. The molecule has 4 rings (SSSR count). The van der Waals surface area contributed by atoms with Gasteiger partial charge in [0.05, 0.1) is 12.8 Å². The third-order valence-corrected chi connectivity index (χ3v) is 7.58. The maximum Gasteiger partial charge on any atom is 0.267 e. The predicted octanol–water partition coefficient (Wildman–Crippen LogP) is 3.61.